The van der Waals surface area contributed by atoms with Crippen LogP contribution in [0.2, 0.25) is 0 Å². The summed E-state index contributed by atoms with van der Waals surface area (Å²) in [6.45, 7) is 0. The van der Waals surface area contributed by atoms with Crippen molar-refractivity contribution in [2.24, 2.45) is 0 Å². The number of hydrogen-bond donors (Lipinski definition) is 1. The van der Waals surface area contributed by atoms with E-state index in [1.807, 2.05) is 11.5 Å². The lowest BCUT2D eigenvalue weighted by Crippen LogP contribution is -2.20. The summed E-state index contributed by atoms with van der Waals surface area (Å²) in [4.78, 5) is 16.5. The van der Waals surface area contributed by atoms with E-state index in [9.17, 15) is 9.18 Å². The standard InChI is InChI=1S/C15H9FN2OS2/c16-10-1-2-11-9(5-10)6-12-13(11)17-15(21-12)18-14(19)8-3-4-20-7-8/h1,3-7H,2H2,(H,17,18,19). The molecule has 104 valence electrons. The Balaban J connectivity index is 1.68. The van der Waals surface area contributed by atoms with Gasteiger partial charge in [0.1, 0.15) is 5.83 Å². The second kappa shape index (κ2) is 4.75. The minimum atomic E-state index is -0.203. The topological polar surface area (TPSA) is 42.0 Å². The second-order valence-corrected chi connectivity index (χ2v) is 6.52. The highest BCUT2D eigenvalue weighted by atomic mass is 32.1. The summed E-state index contributed by atoms with van der Waals surface area (Å²) in [5.41, 5.74) is 2.55. The van der Waals surface area contributed by atoms with Crippen LogP contribution in [-0.2, 0) is 0 Å². The molecule has 1 N–H and O–H groups in total. The Hall–Kier alpha value is -2.05. The summed E-state index contributed by atoms with van der Waals surface area (Å²) in [7, 11) is 0. The van der Waals surface area contributed by atoms with Gasteiger partial charge in [0.25, 0.3) is 5.91 Å². The van der Waals surface area contributed by atoms with E-state index in [4.69, 9.17) is 0 Å². The molecule has 2 aliphatic carbocycles. The van der Waals surface area contributed by atoms with Gasteiger partial charge in [0.2, 0.25) is 0 Å². The zero-order valence-corrected chi connectivity index (χ0v) is 12.4. The van der Waals surface area contributed by atoms with Crippen molar-refractivity contribution in [3.63, 3.8) is 0 Å². The van der Waals surface area contributed by atoms with Gasteiger partial charge in [-0.2, -0.15) is 11.3 Å². The molecule has 0 spiro atoms. The van der Waals surface area contributed by atoms with Gasteiger partial charge >= 0.3 is 0 Å². The molecule has 0 saturated heterocycles. The van der Waals surface area contributed by atoms with Gasteiger partial charge in [-0.05, 0) is 47.2 Å². The minimum Gasteiger partial charge on any atom is -0.298 e. The van der Waals surface area contributed by atoms with Crippen LogP contribution in [0.4, 0.5) is 9.52 Å². The van der Waals surface area contributed by atoms with Crippen LogP contribution in [0.25, 0.3) is 11.6 Å². The van der Waals surface area contributed by atoms with Gasteiger partial charge in [0, 0.05) is 5.38 Å². The van der Waals surface area contributed by atoms with Gasteiger partial charge in [0.05, 0.1) is 15.4 Å². The van der Waals surface area contributed by atoms with Crippen LogP contribution in [-0.4, -0.2) is 10.9 Å². The molecule has 0 saturated carbocycles. The van der Waals surface area contributed by atoms with E-state index < -0.39 is 0 Å². The maximum Gasteiger partial charge on any atom is 0.258 e. The molecule has 3 nitrogen and oxygen atoms in total. The Morgan fingerprint density at radius 1 is 1.38 bits per heavy atom. The van der Waals surface area contributed by atoms with Crippen LogP contribution < -0.4 is 15.2 Å². The Kier molecular flexibility index (Phi) is 2.87. The zero-order valence-electron chi connectivity index (χ0n) is 10.7. The van der Waals surface area contributed by atoms with Crippen molar-refractivity contribution < 1.29 is 9.18 Å². The van der Waals surface area contributed by atoms with Gasteiger partial charge in [-0.3, -0.25) is 10.1 Å². The Bertz CT molecular complexity index is 920. The quantitative estimate of drug-likeness (QED) is 0.925. The molecule has 0 radical (unpaired) electrons. The SMILES string of the molecule is O=C(Nc1nc2c(s1)=CC1=CC(F)=CCC=21)c1ccsc1. The number of rotatable bonds is 2. The van der Waals surface area contributed by atoms with Crippen LogP contribution in [0.3, 0.4) is 0 Å². The van der Waals surface area contributed by atoms with Crippen LogP contribution in [0, 0.1) is 0 Å². The summed E-state index contributed by atoms with van der Waals surface area (Å²) < 4.78 is 14.2. The lowest BCUT2D eigenvalue weighted by molar-refractivity contribution is 0.102. The molecule has 4 rings (SSSR count). The summed E-state index contributed by atoms with van der Waals surface area (Å²) in [5.74, 6) is -0.356. The van der Waals surface area contributed by atoms with E-state index in [-0.39, 0.29) is 11.7 Å². The first-order chi connectivity index (χ1) is 10.2. The fraction of sp³-hybridized carbons (Fsp3) is 0.0667. The van der Waals surface area contributed by atoms with Gasteiger partial charge < -0.3 is 0 Å². The number of thiazole rings is 1. The molecule has 0 unspecified atom stereocenters. The Labute approximate surface area is 127 Å². The molecule has 2 aromatic heterocycles. The number of allylic oxidation sites excluding steroid dienone is 4. The molecular weight excluding hydrogens is 307 g/mol. The number of hydrogen-bond acceptors (Lipinski definition) is 4. The number of nitrogens with zero attached hydrogens (tertiary/aromatic N) is 1. The van der Waals surface area contributed by atoms with Crippen LogP contribution in [0.1, 0.15) is 16.8 Å². The van der Waals surface area contributed by atoms with E-state index in [1.54, 1.807) is 17.5 Å². The highest BCUT2D eigenvalue weighted by Gasteiger charge is 2.19. The molecular formula is C15H9FN2OS2. The number of halogens is 1. The molecule has 2 aromatic rings. The minimum absolute atomic E-state index is 0.154. The van der Waals surface area contributed by atoms with E-state index in [1.165, 1.54) is 28.7 Å². The van der Waals surface area contributed by atoms with Crippen molar-refractivity contribution in [2.75, 3.05) is 5.32 Å². The van der Waals surface area contributed by atoms with Crippen LogP contribution >= 0.6 is 22.7 Å². The van der Waals surface area contributed by atoms with Crippen molar-refractivity contribution in [3.05, 3.63) is 55.8 Å². The van der Waals surface area contributed by atoms with Crippen molar-refractivity contribution in [3.8, 4) is 0 Å². The first-order valence-corrected chi connectivity index (χ1v) is 8.10. The molecule has 0 atom stereocenters. The van der Waals surface area contributed by atoms with E-state index >= 15 is 0 Å². The van der Waals surface area contributed by atoms with Crippen molar-refractivity contribution in [1.29, 1.82) is 0 Å². The maximum absolute atomic E-state index is 13.2. The molecule has 6 heteroatoms. The van der Waals surface area contributed by atoms with E-state index in [0.717, 1.165) is 21.0 Å². The summed E-state index contributed by atoms with van der Waals surface area (Å²) in [6, 6.07) is 1.78. The first kappa shape index (κ1) is 12.7. The van der Waals surface area contributed by atoms with E-state index in [0.29, 0.717) is 17.1 Å². The Morgan fingerprint density at radius 3 is 3.10 bits per heavy atom. The second-order valence-electron chi connectivity index (χ2n) is 4.71. The first-order valence-electron chi connectivity index (χ1n) is 6.34. The third-order valence-electron chi connectivity index (χ3n) is 3.37. The van der Waals surface area contributed by atoms with Gasteiger partial charge in [0.15, 0.2) is 5.13 Å². The molecule has 21 heavy (non-hydrogen) atoms. The fourth-order valence-electron chi connectivity index (χ4n) is 2.38. The third kappa shape index (κ3) is 2.16. The summed E-state index contributed by atoms with van der Waals surface area (Å²) in [6.07, 6.45) is 5.54. The van der Waals surface area contributed by atoms with Gasteiger partial charge in [-0.1, -0.05) is 11.3 Å². The number of thiophene rings is 1. The lowest BCUT2D eigenvalue weighted by Gasteiger charge is -2.06. The number of carbonyl (C=O) groups excluding carboxylic acids is 1. The lowest BCUT2D eigenvalue weighted by atomic mass is 10.0. The smallest absolute Gasteiger partial charge is 0.258 e. The molecule has 2 aliphatic rings. The van der Waals surface area contributed by atoms with Crippen molar-refractivity contribution >= 4 is 45.4 Å². The molecule has 0 aromatic carbocycles. The molecule has 0 bridgehead atoms. The van der Waals surface area contributed by atoms with Crippen molar-refractivity contribution in [1.82, 2.24) is 4.98 Å². The van der Waals surface area contributed by atoms with Gasteiger partial charge in [-0.15, -0.1) is 0 Å². The van der Waals surface area contributed by atoms with Crippen LogP contribution in [0.5, 0.6) is 0 Å². The Morgan fingerprint density at radius 2 is 2.29 bits per heavy atom. The zero-order chi connectivity index (χ0) is 14.4. The van der Waals surface area contributed by atoms with Gasteiger partial charge in [-0.25, -0.2) is 9.37 Å². The predicted molar refractivity (Wildman–Crippen MR) is 83.4 cm³/mol. The number of nitrogens with one attached hydrogen (secondary N) is 1. The summed E-state index contributed by atoms with van der Waals surface area (Å²) in [5, 5.41) is 7.91. The average molecular weight is 316 g/mol. The van der Waals surface area contributed by atoms with Crippen LogP contribution in [0.15, 0.2) is 40.4 Å². The third-order valence-corrected chi connectivity index (χ3v) is 4.97. The highest BCUT2D eigenvalue weighted by molar-refractivity contribution is 7.13. The van der Waals surface area contributed by atoms with E-state index in [2.05, 4.69) is 10.3 Å². The normalized spacial score (nSPS) is 15.8. The maximum atomic E-state index is 13.2. The molecule has 0 aliphatic heterocycles. The number of carbonyl (C=O) groups is 1. The average Bonchev–Trinajstić information content (AvgIpc) is 3.12. The summed E-state index contributed by atoms with van der Waals surface area (Å²) >= 11 is 2.89. The fourth-order valence-corrected chi connectivity index (χ4v) is 3.95. The predicted octanol–water partition coefficient (Wildman–Crippen LogP) is 2.59. The number of anilines is 1. The number of fused-ring (bicyclic) bond motifs is 2. The molecule has 2 heterocycles. The highest BCUT2D eigenvalue weighted by Crippen LogP contribution is 2.27. The van der Waals surface area contributed by atoms with Crippen molar-refractivity contribution in [2.45, 2.75) is 6.42 Å². The molecule has 1 amide bonds. The number of aromatic nitrogens is 1. The molecule has 0 fully saturated rings. The monoisotopic (exact) mass is 316 g/mol. The largest absolute Gasteiger partial charge is 0.298 e. The number of amides is 1.